The number of rotatable bonds is 3. The molecule has 0 heterocycles. The average molecular weight is 376 g/mol. The molecule has 0 bridgehead atoms. The molecule has 3 aromatic carbocycles. The molecule has 0 atom stereocenters. The van der Waals surface area contributed by atoms with Crippen LogP contribution in [-0.4, -0.2) is 26.7 Å². The van der Waals surface area contributed by atoms with E-state index in [-0.39, 0.29) is 16.8 Å². The lowest BCUT2D eigenvalue weighted by molar-refractivity contribution is -0.385. The molecule has 0 unspecified atom stereocenters. The van der Waals surface area contributed by atoms with E-state index in [4.69, 9.17) is 0 Å². The van der Waals surface area contributed by atoms with Crippen LogP contribution >= 0.6 is 0 Å². The number of anilines is 2. The lowest BCUT2D eigenvalue weighted by Crippen LogP contribution is -2.22. The monoisotopic (exact) mass is 376 g/mol. The zero-order valence-electron chi connectivity index (χ0n) is 14.2. The molecule has 28 heavy (non-hydrogen) atoms. The number of para-hydroxylation sites is 1. The first kappa shape index (κ1) is 17.2. The standard InChI is InChI=1S/C20H12N2O6/c23-14-9-8-13(22(27)28)16-17(14)18(24)11-6-7-12(19(25)15(11)20(16)26)21-10-4-2-1-3-5-10/h1-9,21,23,25H. The topological polar surface area (TPSA) is 130 Å². The first-order chi connectivity index (χ1) is 13.4. The summed E-state index contributed by atoms with van der Waals surface area (Å²) in [6.07, 6.45) is 0. The summed E-state index contributed by atoms with van der Waals surface area (Å²) in [5.41, 5.74) is -1.26. The molecule has 0 amide bonds. The van der Waals surface area contributed by atoms with E-state index in [2.05, 4.69) is 5.32 Å². The SMILES string of the molecule is O=C1c2ccc(Nc3ccccc3)c(O)c2C(=O)c2c([N+](=O)[O-])ccc(O)c21. The van der Waals surface area contributed by atoms with Gasteiger partial charge in [-0.1, -0.05) is 18.2 Å². The highest BCUT2D eigenvalue weighted by Crippen LogP contribution is 2.43. The highest BCUT2D eigenvalue weighted by atomic mass is 16.6. The second-order valence-electron chi connectivity index (χ2n) is 6.14. The average Bonchev–Trinajstić information content (AvgIpc) is 2.68. The Morgan fingerprint density at radius 1 is 0.821 bits per heavy atom. The number of ketones is 2. The lowest BCUT2D eigenvalue weighted by atomic mass is 9.82. The van der Waals surface area contributed by atoms with Crippen molar-refractivity contribution in [1.29, 1.82) is 0 Å². The van der Waals surface area contributed by atoms with Crippen molar-refractivity contribution in [3.05, 3.63) is 87.0 Å². The molecule has 0 spiro atoms. The van der Waals surface area contributed by atoms with E-state index in [1.165, 1.54) is 12.1 Å². The summed E-state index contributed by atoms with van der Waals surface area (Å²) >= 11 is 0. The maximum atomic E-state index is 13.0. The number of hydrogen-bond donors (Lipinski definition) is 3. The van der Waals surface area contributed by atoms with Gasteiger partial charge in [-0.05, 0) is 30.3 Å². The summed E-state index contributed by atoms with van der Waals surface area (Å²) in [6.45, 7) is 0. The Balaban J connectivity index is 1.91. The van der Waals surface area contributed by atoms with Gasteiger partial charge in [-0.2, -0.15) is 0 Å². The molecular formula is C20H12N2O6. The molecule has 0 aliphatic heterocycles. The highest BCUT2D eigenvalue weighted by Gasteiger charge is 2.39. The Labute approximate surface area is 157 Å². The number of benzene rings is 3. The number of carbonyl (C=O) groups is 2. The Morgan fingerprint density at radius 2 is 1.54 bits per heavy atom. The van der Waals surface area contributed by atoms with Crippen molar-refractivity contribution in [3.8, 4) is 11.5 Å². The normalized spacial score (nSPS) is 12.3. The van der Waals surface area contributed by atoms with Gasteiger partial charge in [-0.15, -0.1) is 0 Å². The lowest BCUT2D eigenvalue weighted by Gasteiger charge is -2.20. The number of aromatic hydroxyl groups is 2. The fraction of sp³-hybridized carbons (Fsp3) is 0. The summed E-state index contributed by atoms with van der Waals surface area (Å²) in [4.78, 5) is 36.3. The van der Waals surface area contributed by atoms with Gasteiger partial charge in [0.05, 0.1) is 21.7 Å². The van der Waals surface area contributed by atoms with Gasteiger partial charge in [0, 0.05) is 17.3 Å². The summed E-state index contributed by atoms with van der Waals surface area (Å²) in [5.74, 6) is -2.70. The van der Waals surface area contributed by atoms with E-state index in [1.54, 1.807) is 24.3 Å². The Kier molecular flexibility index (Phi) is 3.82. The third kappa shape index (κ3) is 2.47. The Bertz CT molecular complexity index is 1170. The quantitative estimate of drug-likeness (QED) is 0.283. The highest BCUT2D eigenvalue weighted by molar-refractivity contribution is 6.32. The fourth-order valence-corrected chi connectivity index (χ4v) is 3.24. The summed E-state index contributed by atoms with van der Waals surface area (Å²) < 4.78 is 0. The van der Waals surface area contributed by atoms with E-state index in [1.807, 2.05) is 6.07 Å². The number of hydrogen-bond acceptors (Lipinski definition) is 7. The predicted octanol–water partition coefficient (Wildman–Crippen LogP) is 3.53. The van der Waals surface area contributed by atoms with Gasteiger partial charge in [-0.25, -0.2) is 0 Å². The van der Waals surface area contributed by atoms with E-state index < -0.39 is 44.8 Å². The van der Waals surface area contributed by atoms with Crippen LogP contribution in [0.2, 0.25) is 0 Å². The van der Waals surface area contributed by atoms with Crippen LogP contribution in [0, 0.1) is 10.1 Å². The smallest absolute Gasteiger partial charge is 0.281 e. The van der Waals surface area contributed by atoms with E-state index in [9.17, 15) is 29.9 Å². The molecule has 1 aliphatic carbocycles. The predicted molar refractivity (Wildman–Crippen MR) is 99.5 cm³/mol. The first-order valence-corrected chi connectivity index (χ1v) is 8.18. The maximum Gasteiger partial charge on any atom is 0.281 e. The summed E-state index contributed by atoms with van der Waals surface area (Å²) in [6, 6.07) is 13.5. The molecule has 3 aromatic rings. The van der Waals surface area contributed by atoms with Gasteiger partial charge in [0.15, 0.2) is 11.5 Å². The van der Waals surface area contributed by atoms with Crippen molar-refractivity contribution < 1.29 is 24.7 Å². The number of carbonyl (C=O) groups excluding carboxylic acids is 2. The molecule has 8 heteroatoms. The molecule has 138 valence electrons. The second-order valence-corrected chi connectivity index (χ2v) is 6.14. The van der Waals surface area contributed by atoms with Crippen LogP contribution in [0.1, 0.15) is 31.8 Å². The number of phenolic OH excluding ortho intramolecular Hbond substituents is 2. The molecule has 0 saturated carbocycles. The Morgan fingerprint density at radius 3 is 2.21 bits per heavy atom. The fourth-order valence-electron chi connectivity index (χ4n) is 3.24. The summed E-state index contributed by atoms with van der Waals surface area (Å²) in [5, 5.41) is 34.9. The molecule has 0 fully saturated rings. The summed E-state index contributed by atoms with van der Waals surface area (Å²) in [7, 11) is 0. The maximum absolute atomic E-state index is 13.0. The first-order valence-electron chi connectivity index (χ1n) is 8.18. The number of phenols is 2. The second kappa shape index (κ2) is 6.20. The van der Waals surface area contributed by atoms with Gasteiger partial charge < -0.3 is 15.5 Å². The third-order valence-electron chi connectivity index (χ3n) is 4.51. The van der Waals surface area contributed by atoms with Gasteiger partial charge >= 0.3 is 0 Å². The van der Waals surface area contributed by atoms with Crippen molar-refractivity contribution >= 4 is 28.6 Å². The minimum atomic E-state index is -0.901. The molecule has 0 radical (unpaired) electrons. The Hall–Kier alpha value is -4.20. The molecule has 4 rings (SSSR count). The molecule has 8 nitrogen and oxygen atoms in total. The zero-order valence-corrected chi connectivity index (χ0v) is 14.2. The zero-order chi connectivity index (χ0) is 20.0. The number of nitro benzene ring substituents is 1. The number of nitrogens with zero attached hydrogens (tertiary/aromatic N) is 1. The molecular weight excluding hydrogens is 364 g/mol. The van der Waals surface area contributed by atoms with Crippen LogP contribution in [-0.2, 0) is 0 Å². The van der Waals surface area contributed by atoms with Gasteiger partial charge in [0.1, 0.15) is 11.3 Å². The van der Waals surface area contributed by atoms with Gasteiger partial charge in [-0.3, -0.25) is 19.7 Å². The van der Waals surface area contributed by atoms with Crippen LogP contribution in [0.25, 0.3) is 0 Å². The van der Waals surface area contributed by atoms with Crippen molar-refractivity contribution in [1.82, 2.24) is 0 Å². The third-order valence-corrected chi connectivity index (χ3v) is 4.51. The van der Waals surface area contributed by atoms with Gasteiger partial charge in [0.2, 0.25) is 5.78 Å². The van der Waals surface area contributed by atoms with E-state index in [0.717, 1.165) is 12.1 Å². The molecule has 1 aliphatic rings. The van der Waals surface area contributed by atoms with Crippen LogP contribution in [0.3, 0.4) is 0 Å². The number of nitrogens with one attached hydrogen (secondary N) is 1. The van der Waals surface area contributed by atoms with Crippen molar-refractivity contribution in [3.63, 3.8) is 0 Å². The van der Waals surface area contributed by atoms with Crippen molar-refractivity contribution in [2.75, 3.05) is 5.32 Å². The minimum absolute atomic E-state index is 0.135. The van der Waals surface area contributed by atoms with Crippen LogP contribution in [0.4, 0.5) is 17.1 Å². The molecule has 0 aromatic heterocycles. The largest absolute Gasteiger partial charge is 0.507 e. The number of nitro groups is 1. The van der Waals surface area contributed by atoms with Gasteiger partial charge in [0.25, 0.3) is 5.69 Å². The van der Waals surface area contributed by atoms with E-state index in [0.29, 0.717) is 5.69 Å². The van der Waals surface area contributed by atoms with Crippen molar-refractivity contribution in [2.45, 2.75) is 0 Å². The molecule has 0 saturated heterocycles. The van der Waals surface area contributed by atoms with Crippen LogP contribution in [0.15, 0.2) is 54.6 Å². The van der Waals surface area contributed by atoms with Crippen LogP contribution in [0.5, 0.6) is 11.5 Å². The van der Waals surface area contributed by atoms with Crippen LogP contribution < -0.4 is 5.32 Å². The molecule has 3 N–H and O–H groups in total. The van der Waals surface area contributed by atoms with E-state index >= 15 is 0 Å². The number of fused-ring (bicyclic) bond motifs is 2. The minimum Gasteiger partial charge on any atom is -0.507 e. The van der Waals surface area contributed by atoms with Crippen molar-refractivity contribution in [2.24, 2.45) is 0 Å².